The van der Waals surface area contributed by atoms with Crippen molar-refractivity contribution in [3.63, 3.8) is 0 Å². The van der Waals surface area contributed by atoms with Crippen molar-refractivity contribution in [2.45, 2.75) is 32.4 Å². The van der Waals surface area contributed by atoms with Gasteiger partial charge < -0.3 is 15.1 Å². The summed E-state index contributed by atoms with van der Waals surface area (Å²) in [5.41, 5.74) is 0. The first-order valence-corrected chi connectivity index (χ1v) is 6.98. The van der Waals surface area contributed by atoms with Gasteiger partial charge in [0.2, 0.25) is 0 Å². The Morgan fingerprint density at radius 1 is 1.56 bits per heavy atom. The predicted molar refractivity (Wildman–Crippen MR) is 76.4 cm³/mol. The summed E-state index contributed by atoms with van der Waals surface area (Å²) >= 11 is 5.25. The monoisotopic (exact) mass is 267 g/mol. The highest BCUT2D eigenvalue weighted by molar-refractivity contribution is 7.80. The molecule has 1 aliphatic heterocycles. The van der Waals surface area contributed by atoms with E-state index in [0.717, 1.165) is 18.8 Å². The molecule has 0 aliphatic carbocycles. The maximum Gasteiger partial charge on any atom is 0.166 e. The summed E-state index contributed by atoms with van der Waals surface area (Å²) in [7, 11) is 0. The number of thiocarbonyl (C=S) groups is 1. The Kier molecular flexibility index (Phi) is 5.01. The molecule has 2 heterocycles. The van der Waals surface area contributed by atoms with Gasteiger partial charge >= 0.3 is 0 Å². The lowest BCUT2D eigenvalue weighted by Gasteiger charge is -2.23. The highest BCUT2D eigenvalue weighted by Gasteiger charge is 2.22. The molecule has 1 atom stereocenters. The van der Waals surface area contributed by atoms with Crippen LogP contribution in [0.3, 0.4) is 0 Å². The maximum atomic E-state index is 5.25. The average molecular weight is 267 g/mol. The molecule has 1 aliphatic rings. The number of nitrogens with zero attached hydrogens (tertiary/aromatic N) is 1. The van der Waals surface area contributed by atoms with Gasteiger partial charge in [0.1, 0.15) is 5.76 Å². The lowest BCUT2D eigenvalue weighted by Crippen LogP contribution is -2.43. The van der Waals surface area contributed by atoms with Gasteiger partial charge in [-0.15, -0.1) is 0 Å². The van der Waals surface area contributed by atoms with Crippen molar-refractivity contribution in [2.24, 2.45) is 0 Å². The largest absolute Gasteiger partial charge is 0.467 e. The number of hydrogen-bond donors (Lipinski definition) is 2. The first-order valence-electron chi connectivity index (χ1n) is 6.57. The van der Waals surface area contributed by atoms with Crippen molar-refractivity contribution in [3.8, 4) is 0 Å². The minimum Gasteiger partial charge on any atom is -0.467 e. The van der Waals surface area contributed by atoms with Gasteiger partial charge in [0.25, 0.3) is 0 Å². The minimum absolute atomic E-state index is 0.623. The van der Waals surface area contributed by atoms with Crippen molar-refractivity contribution in [1.29, 1.82) is 0 Å². The van der Waals surface area contributed by atoms with Gasteiger partial charge in [0, 0.05) is 12.6 Å². The van der Waals surface area contributed by atoms with Crippen LogP contribution < -0.4 is 10.6 Å². The van der Waals surface area contributed by atoms with E-state index in [4.69, 9.17) is 16.6 Å². The van der Waals surface area contributed by atoms with Crippen LogP contribution in [0.15, 0.2) is 22.8 Å². The highest BCUT2D eigenvalue weighted by Crippen LogP contribution is 2.15. The molecule has 1 aromatic rings. The molecular weight excluding hydrogens is 246 g/mol. The maximum absolute atomic E-state index is 5.25. The molecule has 4 nitrogen and oxygen atoms in total. The van der Waals surface area contributed by atoms with Crippen LogP contribution >= 0.6 is 12.2 Å². The van der Waals surface area contributed by atoms with Crippen molar-refractivity contribution >= 4 is 17.3 Å². The summed E-state index contributed by atoms with van der Waals surface area (Å²) in [6.45, 7) is 6.12. The van der Waals surface area contributed by atoms with Gasteiger partial charge in [-0.1, -0.05) is 6.92 Å². The van der Waals surface area contributed by atoms with E-state index in [-0.39, 0.29) is 0 Å². The quantitative estimate of drug-likeness (QED) is 0.795. The van der Waals surface area contributed by atoms with E-state index in [1.807, 2.05) is 12.1 Å². The zero-order valence-electron chi connectivity index (χ0n) is 10.8. The van der Waals surface area contributed by atoms with Gasteiger partial charge in [0.15, 0.2) is 5.11 Å². The molecule has 0 bridgehead atoms. The lowest BCUT2D eigenvalue weighted by atomic mass is 10.2. The summed E-state index contributed by atoms with van der Waals surface area (Å²) in [5.74, 6) is 0.898. The molecule has 0 spiro atoms. The van der Waals surface area contributed by atoms with Crippen LogP contribution in [-0.2, 0) is 6.54 Å². The third kappa shape index (κ3) is 3.71. The molecule has 0 radical (unpaired) electrons. The van der Waals surface area contributed by atoms with Crippen molar-refractivity contribution < 1.29 is 4.42 Å². The van der Waals surface area contributed by atoms with E-state index < -0.39 is 0 Å². The SMILES string of the molecule is CCN1CCCC1CNC(=S)NCc1ccco1. The first-order chi connectivity index (χ1) is 8.79. The molecule has 18 heavy (non-hydrogen) atoms. The Morgan fingerprint density at radius 2 is 2.44 bits per heavy atom. The third-order valence-electron chi connectivity index (χ3n) is 3.41. The van der Waals surface area contributed by atoms with Crippen LogP contribution in [-0.4, -0.2) is 35.7 Å². The number of nitrogens with one attached hydrogen (secondary N) is 2. The van der Waals surface area contributed by atoms with E-state index >= 15 is 0 Å². The average Bonchev–Trinajstić information content (AvgIpc) is 3.04. The third-order valence-corrected chi connectivity index (χ3v) is 3.70. The molecular formula is C13H21N3OS. The Hall–Kier alpha value is -1.07. The Bertz CT molecular complexity index is 366. The van der Waals surface area contributed by atoms with Gasteiger partial charge in [-0.05, 0) is 50.3 Å². The normalized spacial score (nSPS) is 19.9. The molecule has 1 aromatic heterocycles. The Balaban J connectivity index is 1.65. The topological polar surface area (TPSA) is 40.4 Å². The van der Waals surface area contributed by atoms with Gasteiger partial charge in [-0.2, -0.15) is 0 Å². The van der Waals surface area contributed by atoms with Crippen LogP contribution in [0.25, 0.3) is 0 Å². The Morgan fingerprint density at radius 3 is 3.17 bits per heavy atom. The lowest BCUT2D eigenvalue weighted by molar-refractivity contribution is 0.267. The zero-order chi connectivity index (χ0) is 12.8. The van der Waals surface area contributed by atoms with E-state index in [1.54, 1.807) is 6.26 Å². The number of likely N-dealkylation sites (N-methyl/N-ethyl adjacent to an activating group) is 1. The molecule has 1 unspecified atom stereocenters. The highest BCUT2D eigenvalue weighted by atomic mass is 32.1. The number of furan rings is 1. The second kappa shape index (κ2) is 6.75. The Labute approximate surface area is 114 Å². The molecule has 1 fully saturated rings. The molecule has 100 valence electrons. The minimum atomic E-state index is 0.623. The smallest absolute Gasteiger partial charge is 0.166 e. The first kappa shape index (κ1) is 13.4. The molecule has 0 saturated carbocycles. The zero-order valence-corrected chi connectivity index (χ0v) is 11.6. The van der Waals surface area contributed by atoms with Crippen molar-refractivity contribution in [3.05, 3.63) is 24.2 Å². The van der Waals surface area contributed by atoms with Crippen LogP contribution in [0.2, 0.25) is 0 Å². The molecule has 0 amide bonds. The van der Waals surface area contributed by atoms with Crippen molar-refractivity contribution in [1.82, 2.24) is 15.5 Å². The molecule has 0 aromatic carbocycles. The number of hydrogen-bond acceptors (Lipinski definition) is 3. The molecule has 2 N–H and O–H groups in total. The van der Waals surface area contributed by atoms with E-state index in [0.29, 0.717) is 17.7 Å². The summed E-state index contributed by atoms with van der Waals surface area (Å²) < 4.78 is 5.24. The van der Waals surface area contributed by atoms with Crippen molar-refractivity contribution in [2.75, 3.05) is 19.6 Å². The summed E-state index contributed by atoms with van der Waals surface area (Å²) in [4.78, 5) is 2.50. The van der Waals surface area contributed by atoms with Crippen LogP contribution in [0.5, 0.6) is 0 Å². The summed E-state index contributed by atoms with van der Waals surface area (Å²) in [6, 6.07) is 4.44. The van der Waals surface area contributed by atoms with E-state index in [1.165, 1.54) is 19.4 Å². The molecule has 2 rings (SSSR count). The predicted octanol–water partition coefficient (Wildman–Crippen LogP) is 1.73. The van der Waals surface area contributed by atoms with Crippen LogP contribution in [0, 0.1) is 0 Å². The van der Waals surface area contributed by atoms with Gasteiger partial charge in [-0.3, -0.25) is 4.90 Å². The fourth-order valence-corrected chi connectivity index (χ4v) is 2.55. The fraction of sp³-hybridized carbons (Fsp3) is 0.615. The summed E-state index contributed by atoms with van der Waals surface area (Å²) in [6.07, 6.45) is 4.24. The van der Waals surface area contributed by atoms with Gasteiger partial charge in [-0.25, -0.2) is 0 Å². The van der Waals surface area contributed by atoms with E-state index in [2.05, 4.69) is 22.5 Å². The number of rotatable bonds is 5. The van der Waals surface area contributed by atoms with Crippen LogP contribution in [0.1, 0.15) is 25.5 Å². The fourth-order valence-electron chi connectivity index (χ4n) is 2.40. The standard InChI is InChI=1S/C13H21N3OS/c1-2-16-7-3-5-11(16)9-14-13(18)15-10-12-6-4-8-17-12/h4,6,8,11H,2-3,5,7,9-10H2,1H3,(H2,14,15,18). The van der Waals surface area contributed by atoms with Crippen LogP contribution in [0.4, 0.5) is 0 Å². The molecule has 5 heteroatoms. The number of likely N-dealkylation sites (tertiary alicyclic amines) is 1. The second-order valence-corrected chi connectivity index (χ2v) is 4.98. The van der Waals surface area contributed by atoms with Gasteiger partial charge in [0.05, 0.1) is 12.8 Å². The molecule has 1 saturated heterocycles. The van der Waals surface area contributed by atoms with E-state index in [9.17, 15) is 0 Å². The second-order valence-electron chi connectivity index (χ2n) is 4.57. The summed E-state index contributed by atoms with van der Waals surface area (Å²) in [5, 5.41) is 7.14.